The molecule has 6 aromatic heterocycles. The van der Waals surface area contributed by atoms with Crippen molar-refractivity contribution in [2.75, 3.05) is 48.3 Å². The van der Waals surface area contributed by atoms with E-state index in [0.29, 0.717) is 30.5 Å². The average Bonchev–Trinajstić information content (AvgIpc) is 1.61. The lowest BCUT2D eigenvalue weighted by Gasteiger charge is -2.35. The third kappa shape index (κ3) is 20.7. The number of rotatable bonds is 19. The first kappa shape index (κ1) is 80.2. The van der Waals surface area contributed by atoms with Gasteiger partial charge in [0, 0.05) is 80.8 Å². The zero-order valence-electron chi connectivity index (χ0n) is 63.6. The number of nitrogens with one attached hydrogen (secondary N) is 4. The number of nitrogens with zero attached hydrogens (tertiary/aromatic N) is 9. The number of amides is 7. The Kier molecular flexibility index (Phi) is 26.3. The van der Waals surface area contributed by atoms with E-state index in [2.05, 4.69) is 51.2 Å². The van der Waals surface area contributed by atoms with Gasteiger partial charge in [0.25, 0.3) is 0 Å². The number of fused-ring (bicyclic) bond motifs is 9. The third-order valence-electron chi connectivity index (χ3n) is 20.3. The van der Waals surface area contributed by atoms with E-state index in [1.807, 2.05) is 62.3 Å². The largest absolute Gasteiger partial charge is 0.481 e. The van der Waals surface area contributed by atoms with Crippen molar-refractivity contribution in [3.05, 3.63) is 50.3 Å². The van der Waals surface area contributed by atoms with Gasteiger partial charge in [0.15, 0.2) is 0 Å². The van der Waals surface area contributed by atoms with Gasteiger partial charge in [-0.15, -0.1) is 34.0 Å². The molecule has 0 aromatic carbocycles. The number of hydrogen-bond donors (Lipinski definition) is 5. The van der Waals surface area contributed by atoms with E-state index in [-0.39, 0.29) is 116 Å². The van der Waals surface area contributed by atoms with Crippen LogP contribution in [-0.2, 0) is 57.4 Å². The van der Waals surface area contributed by atoms with Crippen molar-refractivity contribution >= 4 is 113 Å². The van der Waals surface area contributed by atoms with Crippen LogP contribution in [0.1, 0.15) is 227 Å². The first-order chi connectivity index (χ1) is 50.2. The minimum Gasteiger partial charge on any atom is -0.481 e. The monoisotopic (exact) mass is 1520 g/mol. The molecule has 578 valence electrons. The Morgan fingerprint density at radius 2 is 0.689 bits per heavy atom. The molecule has 106 heavy (non-hydrogen) atoms. The Hall–Kier alpha value is -8.32. The summed E-state index contributed by atoms with van der Waals surface area (Å²) in [5.41, 5.74) is 1.75. The van der Waals surface area contributed by atoms with Crippen LogP contribution in [0, 0.1) is 0 Å². The van der Waals surface area contributed by atoms with Gasteiger partial charge < -0.3 is 69.5 Å². The normalized spacial score (nSPS) is 21.8. The van der Waals surface area contributed by atoms with Gasteiger partial charge in [0.1, 0.15) is 68.6 Å². The van der Waals surface area contributed by atoms with Crippen LogP contribution in [0.5, 0.6) is 17.6 Å². The number of hydrogen-bond acceptors (Lipinski definition) is 23. The lowest BCUT2D eigenvalue weighted by Crippen LogP contribution is -2.43. The molecule has 3 atom stereocenters. The van der Waals surface area contributed by atoms with Gasteiger partial charge in [-0.25, -0.2) is 44.3 Å². The summed E-state index contributed by atoms with van der Waals surface area (Å²) in [6.07, 6.45) is 19.5. The molecule has 3 saturated carbocycles. The summed E-state index contributed by atoms with van der Waals surface area (Å²) in [4.78, 5) is 135. The SMILES string of the molecule is CN(C(=O)OC(C)(C)C)C1CCC(Oc2ncnc3sc4c(c23)[C@@H](CC(=O)O)CC4)CC1.CNC(=O)CNC(=O)C[C@H]1CCc2sc3ncnc(OC4CCC(N(C)C(=O)OC(C)(C)C)CC4)c3c21.CNC(=O)CNC(=O)C[C@H]1CCc2sc3ncnc(OC4CCC(N(C)C(=O)OC(C)(C)C)CC4)c3c21. The maximum Gasteiger partial charge on any atom is 0.410 e. The molecule has 0 spiro atoms. The van der Waals surface area contributed by atoms with Crippen molar-refractivity contribution in [3.63, 3.8) is 0 Å². The van der Waals surface area contributed by atoms with E-state index in [1.54, 1.807) is 83.9 Å². The molecule has 0 aliphatic heterocycles. The minimum atomic E-state index is -0.783. The summed E-state index contributed by atoms with van der Waals surface area (Å²) in [7, 11) is 8.48. The molecule has 6 aromatic rings. The van der Waals surface area contributed by atoms with Crippen LogP contribution in [0.2, 0.25) is 0 Å². The second-order valence-corrected chi connectivity index (χ2v) is 34.7. The van der Waals surface area contributed by atoms with E-state index in [1.165, 1.54) is 33.6 Å². The van der Waals surface area contributed by atoms with Crippen LogP contribution in [0.25, 0.3) is 30.6 Å². The molecular weight excluding hydrogens is 1420 g/mol. The van der Waals surface area contributed by atoms with Crippen molar-refractivity contribution in [2.45, 2.75) is 268 Å². The Balaban J connectivity index is 0.000000171. The van der Waals surface area contributed by atoms with E-state index < -0.39 is 22.8 Å². The maximum absolute atomic E-state index is 12.5. The Morgan fingerprint density at radius 1 is 0.415 bits per heavy atom. The van der Waals surface area contributed by atoms with E-state index in [0.717, 1.165) is 163 Å². The molecule has 5 N–H and O–H groups in total. The number of likely N-dealkylation sites (N-methyl/N-ethyl adjacent to an activating group) is 2. The molecule has 28 nitrogen and oxygen atoms in total. The van der Waals surface area contributed by atoms with Gasteiger partial charge in [-0.1, -0.05) is 0 Å². The summed E-state index contributed by atoms with van der Waals surface area (Å²) in [6.45, 7) is 16.8. The molecule has 0 radical (unpaired) electrons. The van der Waals surface area contributed by atoms with Crippen LogP contribution in [0.3, 0.4) is 0 Å². The predicted octanol–water partition coefficient (Wildman–Crippen LogP) is 11.8. The van der Waals surface area contributed by atoms with Crippen molar-refractivity contribution in [1.82, 2.24) is 65.9 Å². The maximum atomic E-state index is 12.5. The van der Waals surface area contributed by atoms with Gasteiger partial charge in [-0.3, -0.25) is 24.0 Å². The van der Waals surface area contributed by atoms with E-state index >= 15 is 0 Å². The second kappa shape index (κ2) is 34.7. The number of ether oxygens (including phenoxy) is 6. The van der Waals surface area contributed by atoms with Crippen LogP contribution < -0.4 is 35.5 Å². The highest BCUT2D eigenvalue weighted by molar-refractivity contribution is 7.19. The van der Waals surface area contributed by atoms with Crippen molar-refractivity contribution in [2.24, 2.45) is 0 Å². The summed E-state index contributed by atoms with van der Waals surface area (Å²) in [6, 6.07) is 0.354. The highest BCUT2D eigenvalue weighted by Gasteiger charge is 2.39. The zero-order chi connectivity index (χ0) is 76.5. The van der Waals surface area contributed by atoms with Crippen LogP contribution in [0.4, 0.5) is 14.4 Å². The topological polar surface area (TPSA) is 347 Å². The molecule has 0 saturated heterocycles. The van der Waals surface area contributed by atoms with Gasteiger partial charge in [0.2, 0.25) is 41.3 Å². The summed E-state index contributed by atoms with van der Waals surface area (Å²) in [5, 5.41) is 22.4. The number of aryl methyl sites for hydroxylation is 3. The van der Waals surface area contributed by atoms with Gasteiger partial charge in [0.05, 0.1) is 35.7 Å². The van der Waals surface area contributed by atoms with Crippen molar-refractivity contribution < 1.29 is 71.9 Å². The summed E-state index contributed by atoms with van der Waals surface area (Å²) < 4.78 is 35.7. The minimum absolute atomic E-state index is 0.00580. The van der Waals surface area contributed by atoms with Crippen LogP contribution in [-0.4, -0.2) is 199 Å². The lowest BCUT2D eigenvalue weighted by molar-refractivity contribution is -0.137. The molecule has 12 rings (SSSR count). The molecule has 3 fully saturated rings. The number of carbonyl (C=O) groups excluding carboxylic acids is 7. The number of thiophene rings is 3. The molecule has 7 amide bonds. The fourth-order valence-electron chi connectivity index (χ4n) is 14.9. The van der Waals surface area contributed by atoms with E-state index in [4.69, 9.17) is 28.4 Å². The summed E-state index contributed by atoms with van der Waals surface area (Å²) in [5.74, 6) is 0.258. The molecular formula is C75H105N13O15S3. The molecule has 6 aliphatic rings. The number of carbonyl (C=O) groups is 8. The molecule has 0 bridgehead atoms. The molecule has 6 heterocycles. The fraction of sp³-hybridized carbons (Fsp3) is 0.653. The van der Waals surface area contributed by atoms with Crippen molar-refractivity contribution in [1.29, 1.82) is 0 Å². The first-order valence-electron chi connectivity index (χ1n) is 37.1. The number of aliphatic carboxylic acids is 1. The first-order valence-corrected chi connectivity index (χ1v) is 39.5. The molecule has 0 unspecified atom stereocenters. The second-order valence-electron chi connectivity index (χ2n) is 31.4. The highest BCUT2D eigenvalue weighted by atomic mass is 32.1. The van der Waals surface area contributed by atoms with Gasteiger partial charge in [-0.05, 0) is 212 Å². The Bertz CT molecular complexity index is 3960. The quantitative estimate of drug-likeness (QED) is 0.0470. The lowest BCUT2D eigenvalue weighted by atomic mass is 9.92. The van der Waals surface area contributed by atoms with Gasteiger partial charge in [-0.2, -0.15) is 0 Å². The molecule has 31 heteroatoms. The number of carboxylic acids is 1. The van der Waals surface area contributed by atoms with Gasteiger partial charge >= 0.3 is 24.2 Å². The highest BCUT2D eigenvalue weighted by Crippen LogP contribution is 2.51. The van der Waals surface area contributed by atoms with Crippen LogP contribution in [0.15, 0.2) is 19.0 Å². The van der Waals surface area contributed by atoms with E-state index in [9.17, 15) is 43.5 Å². The number of aromatic nitrogens is 6. The van der Waals surface area contributed by atoms with Crippen molar-refractivity contribution in [3.8, 4) is 17.6 Å². The standard InChI is InChI=1S/2C26H37N5O5S.C23H31N3O5S/c2*1-26(2,3)36-25(34)31(5)16-7-9-17(10-8-16)35-23-22-21-15(12-19(32)28-13-20(33)27-4)6-11-18(21)37-24(22)30-14-29-23;1-23(2,3)31-22(29)26(4)14-6-8-15(9-7-14)30-20-19-18-13(11-17(27)28)5-10-16(18)32-21(19)25-12-24-20/h2*14-17H,6-13H2,1-5H3,(H,27,33)(H,28,32);12-15H,5-11H2,1-4H3,(H,27,28)/t2*15-,16?,17?;13-,14?,15?/m111/s1. The predicted molar refractivity (Wildman–Crippen MR) is 403 cm³/mol. The molecule has 6 aliphatic carbocycles. The Morgan fingerprint density at radius 3 is 0.943 bits per heavy atom. The zero-order valence-corrected chi connectivity index (χ0v) is 66.1. The third-order valence-corrected chi connectivity index (χ3v) is 23.8. The number of carboxylic acid groups (broad SMARTS) is 1. The Labute approximate surface area is 631 Å². The smallest absolute Gasteiger partial charge is 0.410 e. The summed E-state index contributed by atoms with van der Waals surface area (Å²) >= 11 is 4.91. The average molecular weight is 1520 g/mol. The fourth-order valence-corrected chi connectivity index (χ4v) is 18.6. The van der Waals surface area contributed by atoms with Crippen LogP contribution >= 0.6 is 34.0 Å².